The van der Waals surface area contributed by atoms with Crippen LogP contribution in [0.25, 0.3) is 6.08 Å². The maximum absolute atomic E-state index is 13.3. The minimum atomic E-state index is -3.80. The normalized spacial score (nSPS) is 15.5. The predicted molar refractivity (Wildman–Crippen MR) is 102 cm³/mol. The highest BCUT2D eigenvalue weighted by Gasteiger charge is 2.29. The molecule has 0 N–H and O–H groups in total. The van der Waals surface area contributed by atoms with E-state index in [1.807, 2.05) is 0 Å². The molecule has 0 aliphatic carbocycles. The molecule has 1 amide bonds. The summed E-state index contributed by atoms with van der Waals surface area (Å²) in [5.74, 6) is -0.867. The van der Waals surface area contributed by atoms with Crippen LogP contribution in [0.4, 0.5) is 4.39 Å². The van der Waals surface area contributed by atoms with Gasteiger partial charge in [0.2, 0.25) is 15.9 Å². The van der Waals surface area contributed by atoms with Gasteiger partial charge in [-0.2, -0.15) is 9.57 Å². The third-order valence-corrected chi connectivity index (χ3v) is 6.37. The smallest absolute Gasteiger partial charge is 0.246 e. The summed E-state index contributed by atoms with van der Waals surface area (Å²) in [4.78, 5) is 13.8. The number of halogens is 1. The number of amides is 1. The van der Waals surface area contributed by atoms with Gasteiger partial charge >= 0.3 is 0 Å². The average molecular weight is 399 g/mol. The van der Waals surface area contributed by atoms with Crippen molar-refractivity contribution < 1.29 is 17.6 Å². The van der Waals surface area contributed by atoms with Gasteiger partial charge in [0.1, 0.15) is 5.82 Å². The summed E-state index contributed by atoms with van der Waals surface area (Å²) in [6.45, 7) is 0.732. The topological polar surface area (TPSA) is 81.5 Å². The van der Waals surface area contributed by atoms with E-state index in [4.69, 9.17) is 5.26 Å². The lowest BCUT2D eigenvalue weighted by atomic mass is 10.1. The van der Waals surface area contributed by atoms with Gasteiger partial charge in [-0.25, -0.2) is 12.8 Å². The highest BCUT2D eigenvalue weighted by molar-refractivity contribution is 7.89. The van der Waals surface area contributed by atoms with E-state index in [-0.39, 0.29) is 37.0 Å². The number of piperazine rings is 1. The first kappa shape index (κ1) is 19.7. The van der Waals surface area contributed by atoms with Crippen molar-refractivity contribution >= 4 is 22.0 Å². The highest BCUT2D eigenvalue weighted by Crippen LogP contribution is 2.19. The SMILES string of the molecule is N#Cc1ccccc1/C=C/C(=O)N1CCN(S(=O)(=O)c2cccc(F)c2)CC1. The van der Waals surface area contributed by atoms with Crippen molar-refractivity contribution in [2.24, 2.45) is 0 Å². The van der Waals surface area contributed by atoms with Gasteiger partial charge < -0.3 is 4.90 Å². The van der Waals surface area contributed by atoms with Crippen molar-refractivity contribution in [3.05, 3.63) is 71.6 Å². The lowest BCUT2D eigenvalue weighted by Gasteiger charge is -2.33. The van der Waals surface area contributed by atoms with Crippen LogP contribution >= 0.6 is 0 Å². The van der Waals surface area contributed by atoms with Crippen LogP contribution in [0.3, 0.4) is 0 Å². The Hall–Kier alpha value is -3.02. The Balaban J connectivity index is 1.64. The van der Waals surface area contributed by atoms with Crippen molar-refractivity contribution in [3.8, 4) is 6.07 Å². The van der Waals surface area contributed by atoms with Crippen LogP contribution in [-0.4, -0.2) is 49.7 Å². The number of carbonyl (C=O) groups excluding carboxylic acids is 1. The fraction of sp³-hybridized carbons (Fsp3) is 0.200. The number of nitriles is 1. The van der Waals surface area contributed by atoms with Crippen molar-refractivity contribution in [2.75, 3.05) is 26.2 Å². The quantitative estimate of drug-likeness (QED) is 0.739. The fourth-order valence-electron chi connectivity index (χ4n) is 2.94. The summed E-state index contributed by atoms with van der Waals surface area (Å²) < 4.78 is 39.8. The molecule has 0 saturated carbocycles. The molecule has 0 aromatic heterocycles. The van der Waals surface area contributed by atoms with Gasteiger partial charge in [0.15, 0.2) is 0 Å². The molecule has 0 unspecified atom stereocenters. The molecule has 28 heavy (non-hydrogen) atoms. The molecule has 1 heterocycles. The standard InChI is InChI=1S/C20H18FN3O3S/c21-18-6-3-7-19(14-18)28(26,27)24-12-10-23(11-13-24)20(25)9-8-16-4-1-2-5-17(16)15-22/h1-9,14H,10-13H2/b9-8+. The molecule has 1 aliphatic rings. The number of hydrogen-bond acceptors (Lipinski definition) is 4. The molecule has 0 bridgehead atoms. The first-order valence-electron chi connectivity index (χ1n) is 8.63. The monoisotopic (exact) mass is 399 g/mol. The Labute approximate surface area is 163 Å². The third-order valence-electron chi connectivity index (χ3n) is 4.47. The molecule has 0 spiro atoms. The summed E-state index contributed by atoms with van der Waals surface area (Å²) in [5, 5.41) is 9.08. The molecule has 3 rings (SSSR count). The molecule has 1 fully saturated rings. The van der Waals surface area contributed by atoms with Crippen LogP contribution in [0.2, 0.25) is 0 Å². The number of hydrogen-bond donors (Lipinski definition) is 0. The van der Waals surface area contributed by atoms with Crippen LogP contribution in [-0.2, 0) is 14.8 Å². The van der Waals surface area contributed by atoms with Crippen LogP contribution in [0.1, 0.15) is 11.1 Å². The zero-order valence-electron chi connectivity index (χ0n) is 15.0. The molecule has 0 radical (unpaired) electrons. The maximum atomic E-state index is 13.3. The maximum Gasteiger partial charge on any atom is 0.246 e. The Morgan fingerprint density at radius 3 is 2.46 bits per heavy atom. The molecule has 8 heteroatoms. The summed E-state index contributed by atoms with van der Waals surface area (Å²) in [6, 6.07) is 13.9. The van der Waals surface area contributed by atoms with E-state index in [2.05, 4.69) is 6.07 Å². The van der Waals surface area contributed by atoms with E-state index in [0.29, 0.717) is 11.1 Å². The predicted octanol–water partition coefficient (Wildman–Crippen LogP) is 2.24. The van der Waals surface area contributed by atoms with Crippen LogP contribution in [0.15, 0.2) is 59.5 Å². The molecule has 0 atom stereocenters. The van der Waals surface area contributed by atoms with E-state index in [1.54, 1.807) is 35.2 Å². The Kier molecular flexibility index (Phi) is 5.87. The molecular weight excluding hydrogens is 381 g/mol. The van der Waals surface area contributed by atoms with Crippen molar-refractivity contribution in [1.82, 2.24) is 9.21 Å². The Morgan fingerprint density at radius 1 is 1.07 bits per heavy atom. The van der Waals surface area contributed by atoms with Crippen molar-refractivity contribution in [3.63, 3.8) is 0 Å². The largest absolute Gasteiger partial charge is 0.337 e. The van der Waals surface area contributed by atoms with E-state index in [0.717, 1.165) is 6.07 Å². The van der Waals surface area contributed by atoms with Gasteiger partial charge in [-0.15, -0.1) is 0 Å². The average Bonchev–Trinajstić information content (AvgIpc) is 2.72. The highest BCUT2D eigenvalue weighted by atomic mass is 32.2. The van der Waals surface area contributed by atoms with Crippen LogP contribution in [0.5, 0.6) is 0 Å². The van der Waals surface area contributed by atoms with Gasteiger partial charge in [0.25, 0.3) is 0 Å². The summed E-state index contributed by atoms with van der Waals surface area (Å²) in [6.07, 6.45) is 2.96. The number of rotatable bonds is 4. The summed E-state index contributed by atoms with van der Waals surface area (Å²) >= 11 is 0. The minimum Gasteiger partial charge on any atom is -0.337 e. The first-order valence-corrected chi connectivity index (χ1v) is 10.1. The molecule has 144 valence electrons. The van der Waals surface area contributed by atoms with E-state index in [1.165, 1.54) is 28.6 Å². The van der Waals surface area contributed by atoms with Gasteiger partial charge in [-0.1, -0.05) is 24.3 Å². The van der Waals surface area contributed by atoms with Gasteiger partial charge in [-0.05, 0) is 35.9 Å². The van der Waals surface area contributed by atoms with Crippen molar-refractivity contribution in [1.29, 1.82) is 5.26 Å². The fourth-order valence-corrected chi connectivity index (χ4v) is 4.39. The molecule has 6 nitrogen and oxygen atoms in total. The van der Waals surface area contributed by atoms with Crippen LogP contribution in [0, 0.1) is 17.1 Å². The molecule has 1 saturated heterocycles. The van der Waals surface area contributed by atoms with Crippen LogP contribution < -0.4 is 0 Å². The zero-order chi connectivity index (χ0) is 20.1. The Bertz CT molecular complexity index is 1050. The molecule has 2 aromatic rings. The molecule has 2 aromatic carbocycles. The van der Waals surface area contributed by atoms with E-state index < -0.39 is 15.8 Å². The first-order chi connectivity index (χ1) is 13.4. The zero-order valence-corrected chi connectivity index (χ0v) is 15.8. The summed E-state index contributed by atoms with van der Waals surface area (Å²) in [5.41, 5.74) is 1.11. The lowest BCUT2D eigenvalue weighted by molar-refractivity contribution is -0.127. The number of carbonyl (C=O) groups is 1. The van der Waals surface area contributed by atoms with Gasteiger partial charge in [0.05, 0.1) is 16.5 Å². The van der Waals surface area contributed by atoms with Gasteiger partial charge in [0, 0.05) is 32.3 Å². The minimum absolute atomic E-state index is 0.0970. The Morgan fingerprint density at radius 2 is 1.79 bits per heavy atom. The van der Waals surface area contributed by atoms with Gasteiger partial charge in [-0.3, -0.25) is 4.79 Å². The number of nitrogens with zero attached hydrogens (tertiary/aromatic N) is 3. The molecule has 1 aliphatic heterocycles. The summed E-state index contributed by atoms with van der Waals surface area (Å²) in [7, 11) is -3.80. The van der Waals surface area contributed by atoms with E-state index in [9.17, 15) is 17.6 Å². The van der Waals surface area contributed by atoms with Crippen molar-refractivity contribution in [2.45, 2.75) is 4.90 Å². The van der Waals surface area contributed by atoms with E-state index >= 15 is 0 Å². The second-order valence-corrected chi connectivity index (χ2v) is 8.16. The second kappa shape index (κ2) is 8.33. The number of benzene rings is 2. The lowest BCUT2D eigenvalue weighted by Crippen LogP contribution is -2.50. The third kappa shape index (κ3) is 4.27. The second-order valence-electron chi connectivity index (χ2n) is 6.22. The number of sulfonamides is 1. The molecular formula is C20H18FN3O3S.